The molecule has 0 aliphatic heterocycles. The van der Waals surface area contributed by atoms with Gasteiger partial charge in [-0.1, -0.05) is 6.92 Å². The molecule has 0 aliphatic carbocycles. The fraction of sp³-hybridized carbons (Fsp3) is 0.115. The predicted octanol–water partition coefficient (Wildman–Crippen LogP) is 5.24. The summed E-state index contributed by atoms with van der Waals surface area (Å²) in [5.41, 5.74) is 5.67. The number of pyridine rings is 3. The minimum atomic E-state index is -0.0809. The van der Waals surface area contributed by atoms with Crippen molar-refractivity contribution in [2.45, 2.75) is 20.3 Å². The van der Waals surface area contributed by atoms with Crippen molar-refractivity contribution in [2.75, 3.05) is 5.32 Å². The first-order valence-electron chi connectivity index (χ1n) is 11.6. The molecule has 3 N–H and O–H groups in total. The van der Waals surface area contributed by atoms with E-state index in [0.717, 1.165) is 27.0 Å². The van der Waals surface area contributed by atoms with Crippen molar-refractivity contribution >= 4 is 50.9 Å². The number of H-pyrrole nitrogens is 2. The third kappa shape index (κ3) is 4.15. The van der Waals surface area contributed by atoms with Gasteiger partial charge in [-0.25, -0.2) is 15.0 Å². The molecule has 1 amide bonds. The lowest BCUT2D eigenvalue weighted by molar-refractivity contribution is -0.115. The Balaban J connectivity index is 1.42. The number of Topliss-reactive ketones (excluding diaryl/α,β-unsaturated/α-hetero) is 1. The summed E-state index contributed by atoms with van der Waals surface area (Å²) in [6.45, 7) is 3.36. The number of hydrogen-bond donors (Lipinski definition) is 3. The van der Waals surface area contributed by atoms with E-state index in [9.17, 15) is 9.59 Å². The van der Waals surface area contributed by atoms with Crippen LogP contribution in [0.2, 0.25) is 0 Å². The molecular weight excluding hydrogens is 488 g/mol. The summed E-state index contributed by atoms with van der Waals surface area (Å²) >= 11 is 1.43. The Morgan fingerprint density at radius 2 is 1.89 bits per heavy atom. The highest BCUT2D eigenvalue weighted by atomic mass is 32.1. The highest BCUT2D eigenvalue weighted by Crippen LogP contribution is 2.35. The van der Waals surface area contributed by atoms with Gasteiger partial charge in [-0.2, -0.15) is 5.10 Å². The molecule has 11 heteroatoms. The molecule has 10 nitrogen and oxygen atoms in total. The van der Waals surface area contributed by atoms with E-state index in [1.165, 1.54) is 11.3 Å². The monoisotopic (exact) mass is 508 g/mol. The van der Waals surface area contributed by atoms with Gasteiger partial charge in [0.05, 0.1) is 22.1 Å². The molecular formula is C26H20N8O2S. The highest BCUT2D eigenvalue weighted by molar-refractivity contribution is 7.17. The number of fused-ring (bicyclic) bond motifs is 2. The standard InChI is InChI=1S/C26H20N8O2S/c1-3-21(36)30-16-8-14(10-27-12-16)15-9-18-23(33-34-24(18)29-11-15)26-31-22-17(6-7-28-25(22)32-26)20-5-4-19(37-20)13(2)35/h4-12H,3H2,1-2H3,(H,30,36)(H,28,31,32)(H,29,33,34). The number of amides is 1. The Morgan fingerprint density at radius 1 is 1.03 bits per heavy atom. The molecule has 0 aromatic carbocycles. The number of nitrogens with one attached hydrogen (secondary N) is 3. The maximum absolute atomic E-state index is 11.8. The van der Waals surface area contributed by atoms with Gasteiger partial charge in [0.1, 0.15) is 11.2 Å². The van der Waals surface area contributed by atoms with Crippen LogP contribution in [-0.4, -0.2) is 46.8 Å². The number of rotatable bonds is 6. The van der Waals surface area contributed by atoms with Crippen molar-refractivity contribution in [3.05, 3.63) is 60.0 Å². The second kappa shape index (κ2) is 9.03. The molecule has 0 radical (unpaired) electrons. The zero-order valence-corrected chi connectivity index (χ0v) is 20.7. The van der Waals surface area contributed by atoms with Gasteiger partial charge in [0.15, 0.2) is 22.9 Å². The minimum absolute atomic E-state index is 0.0315. The summed E-state index contributed by atoms with van der Waals surface area (Å²) in [7, 11) is 0. The molecule has 0 spiro atoms. The predicted molar refractivity (Wildman–Crippen MR) is 142 cm³/mol. The molecule has 0 fully saturated rings. The van der Waals surface area contributed by atoms with Gasteiger partial charge in [0.25, 0.3) is 0 Å². The molecule has 0 aliphatic rings. The van der Waals surface area contributed by atoms with Crippen LogP contribution >= 0.6 is 11.3 Å². The first kappa shape index (κ1) is 22.7. The number of carbonyl (C=O) groups is 2. The summed E-state index contributed by atoms with van der Waals surface area (Å²) in [4.78, 5) is 46.6. The molecule has 6 aromatic heterocycles. The van der Waals surface area contributed by atoms with Crippen molar-refractivity contribution < 1.29 is 9.59 Å². The Bertz CT molecular complexity index is 1820. The van der Waals surface area contributed by atoms with Gasteiger partial charge >= 0.3 is 0 Å². The molecule has 37 heavy (non-hydrogen) atoms. The van der Waals surface area contributed by atoms with Crippen molar-refractivity contribution in [3.63, 3.8) is 0 Å². The van der Waals surface area contributed by atoms with Crippen LogP contribution in [0, 0.1) is 0 Å². The summed E-state index contributed by atoms with van der Waals surface area (Å²) < 4.78 is 0. The maximum Gasteiger partial charge on any atom is 0.224 e. The van der Waals surface area contributed by atoms with Crippen molar-refractivity contribution in [2.24, 2.45) is 0 Å². The fourth-order valence-corrected chi connectivity index (χ4v) is 4.98. The Hall–Kier alpha value is -4.77. The number of aromatic nitrogens is 7. The zero-order chi connectivity index (χ0) is 25.5. The van der Waals surface area contributed by atoms with Gasteiger partial charge in [0.2, 0.25) is 5.91 Å². The van der Waals surface area contributed by atoms with E-state index in [1.807, 2.05) is 30.3 Å². The number of ketones is 1. The van der Waals surface area contributed by atoms with Crippen LogP contribution in [0.1, 0.15) is 29.9 Å². The lowest BCUT2D eigenvalue weighted by atomic mass is 10.1. The van der Waals surface area contributed by atoms with Crippen molar-refractivity contribution in [1.82, 2.24) is 35.1 Å². The molecule has 182 valence electrons. The van der Waals surface area contributed by atoms with E-state index in [2.05, 4.69) is 35.5 Å². The molecule has 6 rings (SSSR count). The van der Waals surface area contributed by atoms with Crippen LogP contribution in [0.5, 0.6) is 0 Å². The number of aromatic amines is 2. The van der Waals surface area contributed by atoms with Crippen LogP contribution in [0.3, 0.4) is 0 Å². The summed E-state index contributed by atoms with van der Waals surface area (Å²) in [5.74, 6) is 0.497. The van der Waals surface area contributed by atoms with Crippen molar-refractivity contribution in [3.8, 4) is 33.1 Å². The van der Waals surface area contributed by atoms with Crippen LogP contribution in [-0.2, 0) is 4.79 Å². The number of thiophene rings is 1. The highest BCUT2D eigenvalue weighted by Gasteiger charge is 2.18. The Labute approximate surface area is 214 Å². The van der Waals surface area contributed by atoms with E-state index >= 15 is 0 Å². The van der Waals surface area contributed by atoms with E-state index in [4.69, 9.17) is 4.98 Å². The lowest BCUT2D eigenvalue weighted by Crippen LogP contribution is -2.09. The molecule has 6 aromatic rings. The van der Waals surface area contributed by atoms with Gasteiger partial charge < -0.3 is 10.3 Å². The molecule has 0 unspecified atom stereocenters. The SMILES string of the molecule is CCC(=O)Nc1cncc(-c2cnc3[nH]nc(-c4nc5c(-c6ccc(C(C)=O)s6)ccnc5[nH]4)c3c2)c1. The van der Waals surface area contributed by atoms with Gasteiger partial charge in [-0.15, -0.1) is 11.3 Å². The molecule has 0 saturated carbocycles. The minimum Gasteiger partial charge on any atom is -0.325 e. The molecule has 0 saturated heterocycles. The average Bonchev–Trinajstić information content (AvgIpc) is 3.66. The second-order valence-electron chi connectivity index (χ2n) is 8.42. The number of nitrogens with zero attached hydrogens (tertiary/aromatic N) is 5. The molecule has 0 atom stereocenters. The topological polar surface area (TPSA) is 142 Å². The Morgan fingerprint density at radius 3 is 2.70 bits per heavy atom. The number of carbonyl (C=O) groups excluding carboxylic acids is 2. The largest absolute Gasteiger partial charge is 0.325 e. The number of hydrogen-bond acceptors (Lipinski definition) is 8. The summed E-state index contributed by atoms with van der Waals surface area (Å²) in [5, 5.41) is 11.0. The third-order valence-corrected chi connectivity index (χ3v) is 7.14. The van der Waals surface area contributed by atoms with Crippen molar-refractivity contribution in [1.29, 1.82) is 0 Å². The van der Waals surface area contributed by atoms with Crippen LogP contribution in [0.15, 0.2) is 55.1 Å². The van der Waals surface area contributed by atoms with E-state index < -0.39 is 0 Å². The lowest BCUT2D eigenvalue weighted by Gasteiger charge is -2.06. The molecule has 0 bridgehead atoms. The van der Waals surface area contributed by atoms with Gasteiger partial charge in [-0.3, -0.25) is 19.7 Å². The van der Waals surface area contributed by atoms with Crippen LogP contribution in [0.4, 0.5) is 5.69 Å². The average molecular weight is 509 g/mol. The smallest absolute Gasteiger partial charge is 0.224 e. The van der Waals surface area contributed by atoms with Crippen LogP contribution in [0.25, 0.3) is 55.3 Å². The van der Waals surface area contributed by atoms with Crippen LogP contribution < -0.4 is 5.32 Å². The third-order valence-electron chi connectivity index (χ3n) is 5.92. The number of anilines is 1. The summed E-state index contributed by atoms with van der Waals surface area (Å²) in [6, 6.07) is 9.46. The van der Waals surface area contributed by atoms with E-state index in [1.54, 1.807) is 38.6 Å². The first-order valence-corrected chi connectivity index (χ1v) is 12.4. The maximum atomic E-state index is 11.8. The molecule has 6 heterocycles. The van der Waals surface area contributed by atoms with Gasteiger partial charge in [0, 0.05) is 46.6 Å². The second-order valence-corrected chi connectivity index (χ2v) is 9.50. The number of imidazole rings is 1. The van der Waals surface area contributed by atoms with Gasteiger partial charge in [-0.05, 0) is 37.3 Å². The fourth-order valence-electron chi connectivity index (χ4n) is 4.05. The van der Waals surface area contributed by atoms with E-state index in [0.29, 0.717) is 45.3 Å². The quantitative estimate of drug-likeness (QED) is 0.261. The Kier molecular flexibility index (Phi) is 5.53. The van der Waals surface area contributed by atoms with E-state index in [-0.39, 0.29) is 11.7 Å². The first-order chi connectivity index (χ1) is 18.0. The summed E-state index contributed by atoms with van der Waals surface area (Å²) in [6.07, 6.45) is 7.16. The normalized spacial score (nSPS) is 11.3. The zero-order valence-electron chi connectivity index (χ0n) is 19.9.